The number of para-hydroxylation sites is 1. The summed E-state index contributed by atoms with van der Waals surface area (Å²) in [5.74, 6) is 0.312. The van der Waals surface area contributed by atoms with Gasteiger partial charge in [0.15, 0.2) is 0 Å². The highest BCUT2D eigenvalue weighted by molar-refractivity contribution is 7.89. The number of fused-ring (bicyclic) bond motifs is 1. The third-order valence-electron chi connectivity index (χ3n) is 6.17. The van der Waals surface area contributed by atoms with E-state index in [1.54, 1.807) is 12.1 Å². The van der Waals surface area contributed by atoms with Crippen molar-refractivity contribution in [1.82, 2.24) is 4.31 Å². The Balaban J connectivity index is 1.60. The second-order valence-electron chi connectivity index (χ2n) is 8.11. The summed E-state index contributed by atoms with van der Waals surface area (Å²) in [4.78, 5) is 15.4. The lowest BCUT2D eigenvalue weighted by atomic mass is 9.97. The highest BCUT2D eigenvalue weighted by atomic mass is 32.2. The van der Waals surface area contributed by atoms with Crippen LogP contribution in [-0.4, -0.2) is 52.0 Å². The third-order valence-corrected chi connectivity index (χ3v) is 8.05. The van der Waals surface area contributed by atoms with Crippen LogP contribution in [-0.2, 0) is 21.2 Å². The summed E-state index contributed by atoms with van der Waals surface area (Å²) in [5.41, 5.74) is 2.10. The zero-order chi connectivity index (χ0) is 22.2. The van der Waals surface area contributed by atoms with E-state index in [4.69, 9.17) is 9.47 Å². The summed E-state index contributed by atoms with van der Waals surface area (Å²) < 4.78 is 38.8. The molecule has 1 saturated heterocycles. The van der Waals surface area contributed by atoms with Crippen molar-refractivity contribution in [3.8, 4) is 11.5 Å². The number of nitrogens with zero attached hydrogens (tertiary/aromatic N) is 2. The molecule has 4 rings (SSSR count). The Morgan fingerprint density at radius 1 is 1.10 bits per heavy atom. The van der Waals surface area contributed by atoms with Gasteiger partial charge in [0.1, 0.15) is 16.4 Å². The number of benzene rings is 2. The van der Waals surface area contributed by atoms with Gasteiger partial charge in [0, 0.05) is 30.9 Å². The lowest BCUT2D eigenvalue weighted by Crippen LogP contribution is -2.48. The van der Waals surface area contributed by atoms with Crippen molar-refractivity contribution >= 4 is 21.6 Å². The minimum absolute atomic E-state index is 0.00467. The highest BCUT2D eigenvalue weighted by Gasteiger charge is 2.39. The second-order valence-corrected chi connectivity index (χ2v) is 10.0. The molecule has 1 amide bonds. The Hall–Kier alpha value is -2.58. The molecule has 0 spiro atoms. The van der Waals surface area contributed by atoms with Crippen LogP contribution in [0, 0.1) is 5.92 Å². The minimum Gasteiger partial charge on any atom is -0.497 e. The van der Waals surface area contributed by atoms with E-state index >= 15 is 0 Å². The number of ether oxygens (including phenoxy) is 2. The molecule has 8 heteroatoms. The molecular formula is C23H28N2O5S. The lowest BCUT2D eigenvalue weighted by Gasteiger charge is -2.34. The predicted octanol–water partition coefficient (Wildman–Crippen LogP) is 3.08. The fourth-order valence-corrected chi connectivity index (χ4v) is 6.28. The van der Waals surface area contributed by atoms with Crippen molar-refractivity contribution in [3.63, 3.8) is 0 Å². The molecule has 2 aliphatic heterocycles. The van der Waals surface area contributed by atoms with E-state index in [1.807, 2.05) is 36.1 Å². The first-order chi connectivity index (χ1) is 14.9. The molecule has 2 atom stereocenters. The fourth-order valence-electron chi connectivity index (χ4n) is 4.59. The molecule has 0 saturated carbocycles. The molecule has 31 heavy (non-hydrogen) atoms. The van der Waals surface area contributed by atoms with Crippen LogP contribution in [0.2, 0.25) is 0 Å². The molecule has 0 N–H and O–H groups in total. The van der Waals surface area contributed by atoms with Gasteiger partial charge in [0.2, 0.25) is 15.9 Å². The number of anilines is 1. The maximum atomic E-state index is 13.5. The topological polar surface area (TPSA) is 76.1 Å². The van der Waals surface area contributed by atoms with Crippen molar-refractivity contribution in [3.05, 3.63) is 48.0 Å². The van der Waals surface area contributed by atoms with Crippen LogP contribution < -0.4 is 14.4 Å². The smallest absolute Gasteiger partial charge is 0.246 e. The number of carbonyl (C=O) groups excluding carboxylic acids is 1. The van der Waals surface area contributed by atoms with Gasteiger partial charge in [-0.15, -0.1) is 0 Å². The Labute approximate surface area is 183 Å². The van der Waals surface area contributed by atoms with Gasteiger partial charge in [-0.1, -0.05) is 18.2 Å². The molecule has 7 nitrogen and oxygen atoms in total. The third kappa shape index (κ3) is 3.90. The number of rotatable bonds is 5. The first-order valence-corrected chi connectivity index (χ1v) is 11.9. The van der Waals surface area contributed by atoms with Gasteiger partial charge in [0.05, 0.1) is 20.1 Å². The van der Waals surface area contributed by atoms with Crippen LogP contribution >= 0.6 is 0 Å². The van der Waals surface area contributed by atoms with Crippen LogP contribution in [0.25, 0.3) is 0 Å². The average molecular weight is 445 g/mol. The Morgan fingerprint density at radius 3 is 2.61 bits per heavy atom. The zero-order valence-corrected chi connectivity index (χ0v) is 18.9. The highest BCUT2D eigenvalue weighted by Crippen LogP contribution is 2.36. The summed E-state index contributed by atoms with van der Waals surface area (Å²) in [5, 5.41) is 0. The molecule has 2 aromatic carbocycles. The van der Waals surface area contributed by atoms with E-state index in [2.05, 4.69) is 0 Å². The quantitative estimate of drug-likeness (QED) is 0.708. The number of piperidine rings is 1. The van der Waals surface area contributed by atoms with E-state index in [-0.39, 0.29) is 35.1 Å². The van der Waals surface area contributed by atoms with E-state index in [9.17, 15) is 13.2 Å². The van der Waals surface area contributed by atoms with Gasteiger partial charge in [-0.05, 0) is 49.9 Å². The molecule has 0 aromatic heterocycles. The van der Waals surface area contributed by atoms with Crippen LogP contribution in [0.4, 0.5) is 5.69 Å². The molecule has 0 bridgehead atoms. The van der Waals surface area contributed by atoms with Crippen LogP contribution in [0.5, 0.6) is 11.5 Å². The lowest BCUT2D eigenvalue weighted by molar-refractivity contribution is -0.123. The SMILES string of the molecule is COc1ccc(OC)c(S(=O)(=O)N2CCC[C@H](C(=O)N3c4ccccc4C[C@H]3C)C2)c1. The molecule has 0 unspecified atom stereocenters. The Morgan fingerprint density at radius 2 is 1.87 bits per heavy atom. The maximum Gasteiger partial charge on any atom is 0.246 e. The van der Waals surface area contributed by atoms with E-state index in [0.717, 1.165) is 17.7 Å². The Bertz CT molecular complexity index is 1090. The number of hydrogen-bond acceptors (Lipinski definition) is 5. The van der Waals surface area contributed by atoms with Crippen molar-refractivity contribution < 1.29 is 22.7 Å². The number of methoxy groups -OCH3 is 2. The molecular weight excluding hydrogens is 416 g/mol. The largest absolute Gasteiger partial charge is 0.497 e. The number of sulfonamides is 1. The van der Waals surface area contributed by atoms with E-state index in [1.165, 1.54) is 24.6 Å². The molecule has 0 radical (unpaired) electrons. The second kappa shape index (κ2) is 8.51. The van der Waals surface area contributed by atoms with Gasteiger partial charge in [-0.25, -0.2) is 8.42 Å². The summed E-state index contributed by atoms with van der Waals surface area (Å²) in [6.45, 7) is 2.57. The molecule has 166 valence electrons. The minimum atomic E-state index is -3.84. The van der Waals surface area contributed by atoms with Crippen molar-refractivity contribution in [2.24, 2.45) is 5.92 Å². The van der Waals surface area contributed by atoms with Gasteiger partial charge in [-0.2, -0.15) is 4.31 Å². The van der Waals surface area contributed by atoms with Gasteiger partial charge in [0.25, 0.3) is 0 Å². The van der Waals surface area contributed by atoms with Crippen LogP contribution in [0.1, 0.15) is 25.3 Å². The van der Waals surface area contributed by atoms with Crippen molar-refractivity contribution in [2.75, 3.05) is 32.2 Å². The summed E-state index contributed by atoms with van der Waals surface area (Å²) >= 11 is 0. The summed E-state index contributed by atoms with van der Waals surface area (Å²) in [6.07, 6.45) is 2.12. The number of carbonyl (C=O) groups is 1. The fraction of sp³-hybridized carbons (Fsp3) is 0.435. The number of amides is 1. The molecule has 2 heterocycles. The first-order valence-electron chi connectivity index (χ1n) is 10.5. The van der Waals surface area contributed by atoms with E-state index < -0.39 is 10.0 Å². The van der Waals surface area contributed by atoms with Gasteiger partial charge in [-0.3, -0.25) is 4.79 Å². The maximum absolute atomic E-state index is 13.5. The van der Waals surface area contributed by atoms with Crippen molar-refractivity contribution in [1.29, 1.82) is 0 Å². The average Bonchev–Trinajstić information content (AvgIpc) is 3.13. The monoisotopic (exact) mass is 444 g/mol. The molecule has 1 fully saturated rings. The number of hydrogen-bond donors (Lipinski definition) is 0. The molecule has 0 aliphatic carbocycles. The first kappa shape index (κ1) is 21.6. The summed E-state index contributed by atoms with van der Waals surface area (Å²) in [7, 11) is -0.915. The predicted molar refractivity (Wildman–Crippen MR) is 118 cm³/mol. The molecule has 2 aromatic rings. The molecule has 2 aliphatic rings. The van der Waals surface area contributed by atoms with Crippen LogP contribution in [0.15, 0.2) is 47.4 Å². The normalized spacial score (nSPS) is 21.6. The van der Waals surface area contributed by atoms with Crippen molar-refractivity contribution in [2.45, 2.75) is 37.1 Å². The van der Waals surface area contributed by atoms with Crippen LogP contribution in [0.3, 0.4) is 0 Å². The van der Waals surface area contributed by atoms with Gasteiger partial charge >= 0.3 is 0 Å². The standard InChI is InChI=1S/C23H28N2O5S/c1-16-13-17-7-4-5-9-20(17)25(16)23(26)18-8-6-12-24(15-18)31(27,28)22-14-19(29-2)10-11-21(22)30-3/h4-5,7,9-11,14,16,18H,6,8,12-13,15H2,1-3H3/t16-,18+/m1/s1. The van der Waals surface area contributed by atoms with E-state index in [0.29, 0.717) is 25.1 Å². The Kier molecular flexibility index (Phi) is 5.94. The summed E-state index contributed by atoms with van der Waals surface area (Å²) in [6, 6.07) is 12.7. The van der Waals surface area contributed by atoms with Gasteiger partial charge < -0.3 is 14.4 Å². The zero-order valence-electron chi connectivity index (χ0n) is 18.1.